The first-order valence-corrected chi connectivity index (χ1v) is 13.8. The highest BCUT2D eigenvalue weighted by molar-refractivity contribution is 5.88. The summed E-state index contributed by atoms with van der Waals surface area (Å²) in [5.74, 6) is 1.89. The zero-order chi connectivity index (χ0) is 29.3. The molecule has 1 aliphatic rings. The van der Waals surface area contributed by atoms with Crippen LogP contribution < -0.4 is 10.6 Å². The van der Waals surface area contributed by atoms with E-state index in [4.69, 9.17) is 14.7 Å². The van der Waals surface area contributed by atoms with Crippen LogP contribution in [0.1, 0.15) is 61.6 Å². The molecule has 6 rings (SSSR count). The first-order chi connectivity index (χ1) is 20.3. The number of carbonyl (C=O) groups is 1. The third-order valence-corrected chi connectivity index (χ3v) is 7.81. The number of hydrogen-bond acceptors (Lipinski definition) is 9. The number of methoxy groups -OCH3 is 1. The molecule has 0 unspecified atom stereocenters. The van der Waals surface area contributed by atoms with Crippen LogP contribution in [0.15, 0.2) is 55.1 Å². The number of hydrogen-bond donors (Lipinski definition) is 3. The largest absolute Gasteiger partial charge is 0.368 e. The maximum absolute atomic E-state index is 13.5. The van der Waals surface area contributed by atoms with Crippen LogP contribution in [-0.2, 0) is 9.53 Å². The highest BCUT2D eigenvalue weighted by Gasteiger charge is 2.43. The van der Waals surface area contributed by atoms with Crippen molar-refractivity contribution >= 4 is 28.6 Å². The number of aryl methyl sites for hydroxylation is 1. The predicted octanol–water partition coefficient (Wildman–Crippen LogP) is 4.44. The van der Waals surface area contributed by atoms with Gasteiger partial charge in [-0.2, -0.15) is 10.2 Å². The van der Waals surface area contributed by atoms with Crippen LogP contribution in [0.3, 0.4) is 0 Å². The maximum atomic E-state index is 13.5. The first-order valence-electron chi connectivity index (χ1n) is 13.8. The molecule has 5 aromatic rings. The Balaban J connectivity index is 1.14. The normalized spacial score (nSPS) is 19.5. The molecule has 216 valence electrons. The van der Waals surface area contributed by atoms with Crippen LogP contribution in [0.5, 0.6) is 0 Å². The molecule has 1 saturated carbocycles. The molecule has 0 radical (unpaired) electrons. The summed E-state index contributed by atoms with van der Waals surface area (Å²) in [6.45, 7) is 3.82. The lowest BCUT2D eigenvalue weighted by Gasteiger charge is -2.38. The Labute approximate surface area is 241 Å². The van der Waals surface area contributed by atoms with Crippen molar-refractivity contribution in [2.75, 3.05) is 12.4 Å². The quantitative estimate of drug-likeness (QED) is 0.246. The SMILES string of the molecule is COC1(C(=O)N[C@@H](C)c2ccc(-n3cc(F)cn3)nc2)CCC(c2nc(Nc3cc(C)[nH]n3)c3cccnc3n2)CC1. The number of rotatable bonds is 8. The summed E-state index contributed by atoms with van der Waals surface area (Å²) in [6, 6.07) is 8.94. The molecule has 0 saturated heterocycles. The molecule has 0 aliphatic heterocycles. The Bertz CT molecular complexity index is 1710. The van der Waals surface area contributed by atoms with Crippen molar-refractivity contribution < 1.29 is 13.9 Å². The van der Waals surface area contributed by atoms with Gasteiger partial charge >= 0.3 is 0 Å². The van der Waals surface area contributed by atoms with E-state index in [0.717, 1.165) is 22.8 Å². The van der Waals surface area contributed by atoms with Crippen molar-refractivity contribution in [3.63, 3.8) is 0 Å². The molecule has 1 amide bonds. The van der Waals surface area contributed by atoms with Crippen molar-refractivity contribution in [2.24, 2.45) is 0 Å². The van der Waals surface area contributed by atoms with Gasteiger partial charge in [0.15, 0.2) is 23.1 Å². The Kier molecular flexibility index (Phi) is 7.33. The molecule has 12 nitrogen and oxygen atoms in total. The molecule has 0 bridgehead atoms. The molecule has 42 heavy (non-hydrogen) atoms. The fraction of sp³-hybridized carbons (Fsp3) is 0.345. The Morgan fingerprint density at radius 3 is 2.69 bits per heavy atom. The van der Waals surface area contributed by atoms with Gasteiger partial charge in [0.1, 0.15) is 17.2 Å². The lowest BCUT2D eigenvalue weighted by Crippen LogP contribution is -2.50. The average Bonchev–Trinajstić information content (AvgIpc) is 3.64. The van der Waals surface area contributed by atoms with E-state index < -0.39 is 11.4 Å². The van der Waals surface area contributed by atoms with Crippen molar-refractivity contribution in [1.29, 1.82) is 0 Å². The van der Waals surface area contributed by atoms with Gasteiger partial charge < -0.3 is 15.4 Å². The topological polar surface area (TPSA) is 148 Å². The first kappa shape index (κ1) is 27.4. The van der Waals surface area contributed by atoms with Crippen molar-refractivity contribution in [1.82, 2.24) is 45.2 Å². The van der Waals surface area contributed by atoms with Crippen LogP contribution in [0.4, 0.5) is 16.0 Å². The summed E-state index contributed by atoms with van der Waals surface area (Å²) in [5, 5.41) is 18.3. The van der Waals surface area contributed by atoms with E-state index >= 15 is 0 Å². The number of aromatic amines is 1. The van der Waals surface area contributed by atoms with Gasteiger partial charge in [-0.25, -0.2) is 29.0 Å². The molecule has 1 atom stereocenters. The fourth-order valence-electron chi connectivity index (χ4n) is 5.35. The molecule has 0 aromatic carbocycles. The zero-order valence-corrected chi connectivity index (χ0v) is 23.5. The predicted molar refractivity (Wildman–Crippen MR) is 153 cm³/mol. The lowest BCUT2D eigenvalue weighted by molar-refractivity contribution is -0.148. The van der Waals surface area contributed by atoms with E-state index in [-0.39, 0.29) is 17.9 Å². The monoisotopic (exact) mass is 570 g/mol. The number of amides is 1. The van der Waals surface area contributed by atoms with Crippen LogP contribution >= 0.6 is 0 Å². The summed E-state index contributed by atoms with van der Waals surface area (Å²) in [6.07, 6.45) is 8.11. The molecule has 5 heterocycles. The number of fused-ring (bicyclic) bond motifs is 1. The molecule has 3 N–H and O–H groups in total. The highest BCUT2D eigenvalue weighted by Crippen LogP contribution is 2.40. The minimum absolute atomic E-state index is 0.0373. The molecule has 1 fully saturated rings. The standard InChI is InChI=1S/C29H31FN10O2/c1-17-13-23(39-38-17)35-27-22-5-4-12-31-26(22)36-25(37-27)19-8-10-29(42-3,11-9-19)28(41)34-18(2)20-6-7-24(32-14-20)40-16-21(30)15-33-40/h4-7,12-16,18-19H,8-11H2,1-3H3,(H,34,41)(H2,31,35,36,37,38,39)/t18-,19?,29?/m0/s1. The second-order valence-electron chi connectivity index (χ2n) is 10.6. The van der Waals surface area contributed by atoms with E-state index in [1.165, 1.54) is 10.9 Å². The van der Waals surface area contributed by atoms with Gasteiger partial charge in [-0.1, -0.05) is 6.07 Å². The lowest BCUT2D eigenvalue weighted by atomic mass is 9.77. The van der Waals surface area contributed by atoms with Crippen LogP contribution in [0.2, 0.25) is 0 Å². The van der Waals surface area contributed by atoms with Gasteiger partial charge in [0.2, 0.25) is 0 Å². The number of halogens is 1. The minimum Gasteiger partial charge on any atom is -0.368 e. The highest BCUT2D eigenvalue weighted by atomic mass is 19.1. The number of carbonyl (C=O) groups excluding carboxylic acids is 1. The molecular weight excluding hydrogens is 539 g/mol. The van der Waals surface area contributed by atoms with E-state index in [9.17, 15) is 9.18 Å². The number of anilines is 2. The van der Waals surface area contributed by atoms with E-state index in [0.29, 0.717) is 54.6 Å². The van der Waals surface area contributed by atoms with Gasteiger partial charge in [-0.3, -0.25) is 9.89 Å². The van der Waals surface area contributed by atoms with E-state index in [2.05, 4.69) is 35.9 Å². The van der Waals surface area contributed by atoms with Gasteiger partial charge in [-0.15, -0.1) is 0 Å². The molecule has 5 aromatic heterocycles. The van der Waals surface area contributed by atoms with Crippen LogP contribution in [-0.4, -0.2) is 58.5 Å². The summed E-state index contributed by atoms with van der Waals surface area (Å²) < 4.78 is 20.5. The van der Waals surface area contributed by atoms with E-state index in [1.54, 1.807) is 25.6 Å². The Morgan fingerprint density at radius 2 is 2.02 bits per heavy atom. The van der Waals surface area contributed by atoms with Crippen LogP contribution in [0, 0.1) is 12.7 Å². The zero-order valence-electron chi connectivity index (χ0n) is 23.5. The Hall–Kier alpha value is -4.78. The Morgan fingerprint density at radius 1 is 1.19 bits per heavy atom. The number of H-pyrrole nitrogens is 1. The maximum Gasteiger partial charge on any atom is 0.252 e. The second-order valence-corrected chi connectivity index (χ2v) is 10.6. The van der Waals surface area contributed by atoms with Gasteiger partial charge in [0, 0.05) is 37.2 Å². The van der Waals surface area contributed by atoms with E-state index in [1.807, 2.05) is 38.1 Å². The summed E-state index contributed by atoms with van der Waals surface area (Å²) in [7, 11) is 1.58. The average molecular weight is 571 g/mol. The minimum atomic E-state index is -0.965. The van der Waals surface area contributed by atoms with Gasteiger partial charge in [0.05, 0.1) is 23.8 Å². The molecule has 0 spiro atoms. The number of aromatic nitrogens is 8. The second kappa shape index (κ2) is 11.2. The van der Waals surface area contributed by atoms with Crippen LogP contribution in [0.25, 0.3) is 16.9 Å². The molecule has 1 aliphatic carbocycles. The summed E-state index contributed by atoms with van der Waals surface area (Å²) in [4.78, 5) is 32.0. The fourth-order valence-corrected chi connectivity index (χ4v) is 5.35. The summed E-state index contributed by atoms with van der Waals surface area (Å²) >= 11 is 0. The van der Waals surface area contributed by atoms with Crippen molar-refractivity contribution in [2.45, 2.75) is 57.1 Å². The number of nitrogens with zero attached hydrogens (tertiary/aromatic N) is 7. The number of nitrogens with one attached hydrogen (secondary N) is 3. The number of ether oxygens (including phenoxy) is 1. The number of pyridine rings is 2. The van der Waals surface area contributed by atoms with Gasteiger partial charge in [-0.05, 0) is 63.3 Å². The summed E-state index contributed by atoms with van der Waals surface area (Å²) in [5.41, 5.74) is 1.38. The smallest absolute Gasteiger partial charge is 0.252 e. The molecule has 13 heteroatoms. The third kappa shape index (κ3) is 5.42. The molecular formula is C29H31FN10O2. The van der Waals surface area contributed by atoms with Crippen molar-refractivity contribution in [3.8, 4) is 5.82 Å². The third-order valence-electron chi connectivity index (χ3n) is 7.81. The van der Waals surface area contributed by atoms with Gasteiger partial charge in [0.25, 0.3) is 5.91 Å². The van der Waals surface area contributed by atoms with Crippen molar-refractivity contribution in [3.05, 3.63) is 78.0 Å².